The van der Waals surface area contributed by atoms with Gasteiger partial charge in [-0.2, -0.15) is 0 Å². The predicted octanol–water partition coefficient (Wildman–Crippen LogP) is 5.16. The molecule has 2 heterocycles. The Morgan fingerprint density at radius 3 is 2.86 bits per heavy atom. The fourth-order valence-corrected chi connectivity index (χ4v) is 5.55. The fourth-order valence-electron chi connectivity index (χ4n) is 5.55. The number of aliphatic carboxylic acids is 1. The average Bonchev–Trinajstić information content (AvgIpc) is 3.22. The first-order chi connectivity index (χ1) is 17.3. The van der Waals surface area contributed by atoms with Crippen LogP contribution in [0.5, 0.6) is 5.88 Å². The molecule has 0 unspecified atom stereocenters. The van der Waals surface area contributed by atoms with Crippen LogP contribution in [0.4, 0.5) is 4.39 Å². The van der Waals surface area contributed by atoms with Gasteiger partial charge < -0.3 is 15.2 Å². The summed E-state index contributed by atoms with van der Waals surface area (Å²) < 4.78 is 21.6. The normalized spacial score (nSPS) is 20.2. The van der Waals surface area contributed by atoms with Gasteiger partial charge in [-0.1, -0.05) is 44.5 Å². The van der Waals surface area contributed by atoms with Crippen LogP contribution in [0.1, 0.15) is 68.3 Å². The molecule has 0 saturated heterocycles. The molecule has 0 fully saturated rings. The third-order valence-electron chi connectivity index (χ3n) is 7.52. The Morgan fingerprint density at radius 2 is 2.11 bits per heavy atom. The Balaban J connectivity index is 1.71. The van der Waals surface area contributed by atoms with Crippen molar-refractivity contribution in [2.45, 2.75) is 65.5 Å². The van der Waals surface area contributed by atoms with Crippen LogP contribution < -0.4 is 10.1 Å². The Labute approximate surface area is 213 Å². The molecule has 0 bridgehead atoms. The van der Waals surface area contributed by atoms with E-state index in [1.807, 2.05) is 19.1 Å². The van der Waals surface area contributed by atoms with E-state index in [9.17, 15) is 9.90 Å². The number of rotatable bonds is 11. The van der Waals surface area contributed by atoms with Gasteiger partial charge in [0, 0.05) is 30.3 Å². The van der Waals surface area contributed by atoms with Crippen molar-refractivity contribution >= 4 is 11.5 Å². The maximum atomic E-state index is 15.6. The predicted molar refractivity (Wildman–Crippen MR) is 140 cm³/mol. The zero-order valence-corrected chi connectivity index (χ0v) is 21.8. The number of carbonyl (C=O) groups is 1. The van der Waals surface area contributed by atoms with E-state index in [2.05, 4.69) is 41.2 Å². The van der Waals surface area contributed by atoms with Gasteiger partial charge in [0.15, 0.2) is 0 Å². The maximum absolute atomic E-state index is 15.6. The molecule has 194 valence electrons. The molecule has 0 amide bonds. The lowest BCUT2D eigenvalue weighted by Gasteiger charge is -2.43. The van der Waals surface area contributed by atoms with Gasteiger partial charge in [0.1, 0.15) is 12.4 Å². The zero-order valence-electron chi connectivity index (χ0n) is 21.8. The molecule has 0 spiro atoms. The summed E-state index contributed by atoms with van der Waals surface area (Å²) >= 11 is 0. The molecule has 1 aliphatic heterocycles. The number of carboxylic acids is 1. The highest BCUT2D eigenvalue weighted by atomic mass is 19.1. The van der Waals surface area contributed by atoms with Crippen molar-refractivity contribution < 1.29 is 19.0 Å². The van der Waals surface area contributed by atoms with E-state index in [1.54, 1.807) is 6.92 Å². The molecule has 6 nitrogen and oxygen atoms in total. The van der Waals surface area contributed by atoms with Crippen LogP contribution in [0.3, 0.4) is 0 Å². The van der Waals surface area contributed by atoms with E-state index in [1.165, 1.54) is 22.9 Å². The lowest BCUT2D eigenvalue weighted by molar-refractivity contribution is -0.142. The number of aromatic nitrogens is 1. The summed E-state index contributed by atoms with van der Waals surface area (Å²) in [5, 5.41) is 13.0. The zero-order chi connectivity index (χ0) is 25.8. The first kappa shape index (κ1) is 26.3. The SMILES string of the molecule is CCCCNCCOc1ncc(F)c([C@@H]2C3=C(C[C@@H](C)N2C[C@H](C)C(=O)O)c2ccccc2C3)c1C. The molecule has 0 saturated carbocycles. The van der Waals surface area contributed by atoms with Crippen molar-refractivity contribution in [3.8, 4) is 5.88 Å². The van der Waals surface area contributed by atoms with Gasteiger partial charge in [-0.15, -0.1) is 0 Å². The van der Waals surface area contributed by atoms with Crippen LogP contribution >= 0.6 is 0 Å². The molecular weight excluding hydrogens is 457 g/mol. The van der Waals surface area contributed by atoms with Crippen molar-refractivity contribution in [1.82, 2.24) is 15.2 Å². The smallest absolute Gasteiger partial charge is 0.307 e. The summed E-state index contributed by atoms with van der Waals surface area (Å²) in [6.07, 6.45) is 5.05. The van der Waals surface area contributed by atoms with E-state index in [0.717, 1.165) is 37.8 Å². The number of nitrogens with one attached hydrogen (secondary N) is 1. The van der Waals surface area contributed by atoms with Crippen LogP contribution in [0.15, 0.2) is 36.0 Å². The minimum Gasteiger partial charge on any atom is -0.481 e. The largest absolute Gasteiger partial charge is 0.481 e. The van der Waals surface area contributed by atoms with Gasteiger partial charge in [0.25, 0.3) is 0 Å². The molecular formula is C29H38FN3O3. The van der Waals surface area contributed by atoms with Crippen molar-refractivity contribution in [3.63, 3.8) is 0 Å². The van der Waals surface area contributed by atoms with Crippen molar-refractivity contribution in [3.05, 3.63) is 64.1 Å². The third kappa shape index (κ3) is 5.32. The van der Waals surface area contributed by atoms with E-state index >= 15 is 4.39 Å². The van der Waals surface area contributed by atoms with Crippen LogP contribution in [0, 0.1) is 18.7 Å². The highest BCUT2D eigenvalue weighted by Crippen LogP contribution is 2.50. The number of ether oxygens (including phenoxy) is 1. The van der Waals surface area contributed by atoms with Gasteiger partial charge in [-0.3, -0.25) is 9.69 Å². The Morgan fingerprint density at radius 1 is 1.33 bits per heavy atom. The van der Waals surface area contributed by atoms with Gasteiger partial charge in [0.2, 0.25) is 5.88 Å². The number of carboxylic acid groups (broad SMARTS) is 1. The minimum absolute atomic E-state index is 0.0563. The summed E-state index contributed by atoms with van der Waals surface area (Å²) in [6, 6.07) is 8.05. The summed E-state index contributed by atoms with van der Waals surface area (Å²) in [4.78, 5) is 18.2. The monoisotopic (exact) mass is 495 g/mol. The Hall–Kier alpha value is -2.77. The number of halogens is 1. The standard InChI is InChI=1S/C29H38FN3O3/c1-5-6-11-31-12-13-36-28-20(4)26(25(30)16-32-28)27-24-15-21-9-7-8-10-22(21)23(24)14-19(3)33(27)17-18(2)29(34)35/h7-10,16,18-19,27,31H,5-6,11-15,17H2,1-4H3,(H,34,35)/t18-,19+,27-/m0/s1. The van der Waals surface area contributed by atoms with Crippen molar-refractivity contribution in [1.29, 1.82) is 0 Å². The van der Waals surface area contributed by atoms with Gasteiger partial charge in [0.05, 0.1) is 18.2 Å². The van der Waals surface area contributed by atoms with Crippen LogP contribution in [0.2, 0.25) is 0 Å². The lowest BCUT2D eigenvalue weighted by Crippen LogP contribution is -2.45. The molecule has 2 aromatic rings. The summed E-state index contributed by atoms with van der Waals surface area (Å²) in [5.41, 5.74) is 6.13. The number of unbranched alkanes of at least 4 members (excludes halogenated alkanes) is 1. The van der Waals surface area contributed by atoms with E-state index in [4.69, 9.17) is 4.74 Å². The first-order valence-electron chi connectivity index (χ1n) is 13.1. The number of pyridine rings is 1. The molecule has 36 heavy (non-hydrogen) atoms. The molecule has 7 heteroatoms. The number of benzene rings is 1. The quantitative estimate of drug-likeness (QED) is 0.419. The highest BCUT2D eigenvalue weighted by Gasteiger charge is 2.41. The van der Waals surface area contributed by atoms with Gasteiger partial charge in [-0.05, 0) is 61.9 Å². The van der Waals surface area contributed by atoms with Crippen molar-refractivity contribution in [2.24, 2.45) is 5.92 Å². The van der Waals surface area contributed by atoms with Crippen LogP contribution in [-0.4, -0.2) is 53.2 Å². The van der Waals surface area contributed by atoms with Crippen molar-refractivity contribution in [2.75, 3.05) is 26.2 Å². The molecule has 1 aromatic heterocycles. The molecule has 2 aliphatic rings. The Bertz CT molecular complexity index is 1130. The van der Waals surface area contributed by atoms with E-state index < -0.39 is 11.9 Å². The summed E-state index contributed by atoms with van der Waals surface area (Å²) in [5.74, 6) is -1.36. The number of hydrogen-bond acceptors (Lipinski definition) is 5. The van der Waals surface area contributed by atoms with Gasteiger partial charge >= 0.3 is 5.97 Å². The molecule has 1 aliphatic carbocycles. The second-order valence-corrected chi connectivity index (χ2v) is 10.1. The highest BCUT2D eigenvalue weighted by molar-refractivity contribution is 5.79. The lowest BCUT2D eigenvalue weighted by atomic mass is 9.83. The molecule has 4 rings (SSSR count). The average molecular weight is 496 g/mol. The second-order valence-electron chi connectivity index (χ2n) is 10.1. The molecule has 2 N–H and O–H groups in total. The Kier molecular flexibility index (Phi) is 8.42. The topological polar surface area (TPSA) is 74.7 Å². The summed E-state index contributed by atoms with van der Waals surface area (Å²) in [6.45, 7) is 10.3. The van der Waals surface area contributed by atoms with Gasteiger partial charge in [-0.25, -0.2) is 9.37 Å². The summed E-state index contributed by atoms with van der Waals surface area (Å²) in [7, 11) is 0. The molecule has 1 aromatic carbocycles. The number of nitrogens with zero attached hydrogens (tertiary/aromatic N) is 2. The van der Waals surface area contributed by atoms with E-state index in [0.29, 0.717) is 36.7 Å². The number of fused-ring (bicyclic) bond motifs is 2. The maximum Gasteiger partial charge on any atom is 0.307 e. The van der Waals surface area contributed by atoms with Crippen LogP contribution in [-0.2, 0) is 11.2 Å². The second kappa shape index (κ2) is 11.5. The van der Waals surface area contributed by atoms with E-state index in [-0.39, 0.29) is 17.9 Å². The van der Waals surface area contributed by atoms with Crippen LogP contribution in [0.25, 0.3) is 5.57 Å². The minimum atomic E-state index is -0.845. The third-order valence-corrected chi connectivity index (χ3v) is 7.52. The fraction of sp³-hybridized carbons (Fsp3) is 0.517. The number of hydrogen-bond donors (Lipinski definition) is 2. The molecule has 3 atom stereocenters. The molecule has 0 radical (unpaired) electrons. The first-order valence-corrected chi connectivity index (χ1v) is 13.1.